The Bertz CT molecular complexity index is 1010. The van der Waals surface area contributed by atoms with Crippen LogP contribution in [0.1, 0.15) is 26.0 Å². The molecule has 0 aliphatic heterocycles. The quantitative estimate of drug-likeness (QED) is 0.468. The van der Waals surface area contributed by atoms with Crippen molar-refractivity contribution in [2.45, 2.75) is 33.7 Å². The molecule has 0 unspecified atom stereocenters. The van der Waals surface area contributed by atoms with Crippen LogP contribution in [0.15, 0.2) is 33.5 Å². The zero-order valence-corrected chi connectivity index (χ0v) is 16.8. The Morgan fingerprint density at radius 3 is 2.58 bits per heavy atom. The van der Waals surface area contributed by atoms with E-state index in [4.69, 9.17) is 4.74 Å². The fourth-order valence-electron chi connectivity index (χ4n) is 2.76. The highest BCUT2D eigenvalue weighted by Crippen LogP contribution is 2.28. The van der Waals surface area contributed by atoms with E-state index in [9.17, 15) is 10.0 Å². The summed E-state index contributed by atoms with van der Waals surface area (Å²) in [6.45, 7) is 6.53. The maximum Gasteiger partial charge on any atom is 0.502 e. The molecule has 26 heavy (non-hydrogen) atoms. The van der Waals surface area contributed by atoms with Crippen molar-refractivity contribution < 1.29 is 9.47 Å². The molecule has 0 aliphatic carbocycles. The number of hydrogen-bond donors (Lipinski definition) is 0. The van der Waals surface area contributed by atoms with Crippen LogP contribution < -0.4 is 15.2 Å². The smallest absolute Gasteiger partial charge is 0.502 e. The van der Waals surface area contributed by atoms with Crippen LogP contribution >= 0.6 is 15.9 Å². The van der Waals surface area contributed by atoms with Crippen LogP contribution in [0.25, 0.3) is 11.2 Å². The van der Waals surface area contributed by atoms with Gasteiger partial charge in [0, 0.05) is 17.9 Å². The molecule has 0 amide bonds. The van der Waals surface area contributed by atoms with Crippen molar-refractivity contribution in [3.63, 3.8) is 0 Å². The molecule has 0 aliphatic rings. The Kier molecular flexibility index (Phi) is 5.04. The van der Waals surface area contributed by atoms with E-state index in [0.717, 1.165) is 10.9 Å². The molecule has 0 saturated heterocycles. The van der Waals surface area contributed by atoms with E-state index < -0.39 is 5.69 Å². The summed E-state index contributed by atoms with van der Waals surface area (Å²) in [6, 6.07) is 7.78. The zero-order valence-electron chi connectivity index (χ0n) is 15.2. The second-order valence-corrected chi connectivity index (χ2v) is 7.59. The van der Waals surface area contributed by atoms with E-state index in [2.05, 4.69) is 34.8 Å². The Morgan fingerprint density at radius 1 is 1.31 bits per heavy atom. The number of imidazole rings is 1. The first-order valence-electron chi connectivity index (χ1n) is 8.42. The van der Waals surface area contributed by atoms with E-state index in [0.29, 0.717) is 45.8 Å². The summed E-state index contributed by atoms with van der Waals surface area (Å²) in [4.78, 5) is 16.6. The third kappa shape index (κ3) is 3.33. The van der Waals surface area contributed by atoms with Crippen molar-refractivity contribution >= 4 is 27.1 Å². The zero-order chi connectivity index (χ0) is 19.0. The molecule has 0 bridgehead atoms. The number of ether oxygens (including phenoxy) is 1. The predicted octanol–water partition coefficient (Wildman–Crippen LogP) is 3.28. The first-order valence-corrected chi connectivity index (χ1v) is 9.21. The predicted molar refractivity (Wildman–Crippen MR) is 102 cm³/mol. The van der Waals surface area contributed by atoms with Crippen LogP contribution in [0.2, 0.25) is 0 Å². The highest BCUT2D eigenvalue weighted by atomic mass is 79.9. The third-order valence-corrected chi connectivity index (χ3v) is 4.82. The number of nitrogens with zero attached hydrogens (tertiary/aromatic N) is 4. The molecule has 0 N–H and O–H groups in total. The van der Waals surface area contributed by atoms with Crippen LogP contribution in [-0.4, -0.2) is 14.1 Å². The summed E-state index contributed by atoms with van der Waals surface area (Å²) in [7, 11) is 1.54. The van der Waals surface area contributed by atoms with Crippen LogP contribution in [0.3, 0.4) is 0 Å². The van der Waals surface area contributed by atoms with Gasteiger partial charge in [-0.1, -0.05) is 29.8 Å². The standard InChI is InChI=1S/C18H21BrN4O3/c1-11(2)9-10-22-15-12(3)23(25)18(24)21(4)16(15)20-17(22)26-14-7-5-13(19)6-8-14/h5-8,11H,9-10H2,1-4H3. The van der Waals surface area contributed by atoms with Crippen LogP contribution in [-0.2, 0) is 13.6 Å². The van der Waals surface area contributed by atoms with E-state index in [1.165, 1.54) is 4.57 Å². The molecule has 2 aromatic heterocycles. The summed E-state index contributed by atoms with van der Waals surface area (Å²) in [6.07, 6.45) is 0.892. The van der Waals surface area contributed by atoms with Gasteiger partial charge in [0.15, 0.2) is 5.52 Å². The largest absolute Gasteiger partial charge is 0.708 e. The number of aromatic nitrogens is 4. The lowest BCUT2D eigenvalue weighted by Gasteiger charge is -2.13. The molecule has 0 fully saturated rings. The maximum absolute atomic E-state index is 12.2. The van der Waals surface area contributed by atoms with Crippen LogP contribution in [0.4, 0.5) is 0 Å². The van der Waals surface area contributed by atoms with E-state index >= 15 is 0 Å². The second-order valence-electron chi connectivity index (χ2n) is 6.68. The highest BCUT2D eigenvalue weighted by molar-refractivity contribution is 9.10. The van der Waals surface area contributed by atoms with Gasteiger partial charge in [0.1, 0.15) is 11.4 Å². The van der Waals surface area contributed by atoms with Crippen LogP contribution in [0, 0.1) is 18.0 Å². The molecule has 8 heteroatoms. The van der Waals surface area contributed by atoms with Gasteiger partial charge in [0.25, 0.3) is 5.65 Å². The van der Waals surface area contributed by atoms with Gasteiger partial charge in [-0.25, -0.2) is 0 Å². The average Bonchev–Trinajstić information content (AvgIpc) is 2.96. The minimum atomic E-state index is -0.654. The van der Waals surface area contributed by atoms with Crippen LogP contribution in [0.5, 0.6) is 11.8 Å². The molecule has 0 saturated carbocycles. The third-order valence-electron chi connectivity index (χ3n) is 4.29. The summed E-state index contributed by atoms with van der Waals surface area (Å²) >= 11 is 3.40. The lowest BCUT2D eigenvalue weighted by Crippen LogP contribution is -2.52. The van der Waals surface area contributed by atoms with Crippen molar-refractivity contribution in [3.05, 3.63) is 50.1 Å². The molecular formula is C18H21BrN4O3. The van der Waals surface area contributed by atoms with Gasteiger partial charge < -0.3 is 9.94 Å². The lowest BCUT2D eigenvalue weighted by molar-refractivity contribution is -0.631. The van der Waals surface area contributed by atoms with Crippen molar-refractivity contribution in [2.75, 3.05) is 0 Å². The van der Waals surface area contributed by atoms with Crippen molar-refractivity contribution in [2.24, 2.45) is 13.0 Å². The van der Waals surface area contributed by atoms with Gasteiger partial charge in [-0.3, -0.25) is 4.57 Å². The number of rotatable bonds is 5. The molecular weight excluding hydrogens is 400 g/mol. The van der Waals surface area contributed by atoms with Gasteiger partial charge >= 0.3 is 11.7 Å². The molecule has 0 atom stereocenters. The lowest BCUT2D eigenvalue weighted by atomic mass is 10.1. The summed E-state index contributed by atoms with van der Waals surface area (Å²) in [5.74, 6) is 1.10. The van der Waals surface area contributed by atoms with E-state index in [1.54, 1.807) is 14.0 Å². The molecule has 3 aromatic rings. The number of hydrogen-bond acceptors (Lipinski definition) is 4. The van der Waals surface area contributed by atoms with Gasteiger partial charge in [-0.2, -0.15) is 19.1 Å². The molecule has 1 aromatic carbocycles. The molecule has 3 rings (SSSR count). The second kappa shape index (κ2) is 7.11. The van der Waals surface area contributed by atoms with E-state index in [-0.39, 0.29) is 0 Å². The molecule has 0 radical (unpaired) electrons. The van der Waals surface area contributed by atoms with Crippen molar-refractivity contribution in [1.29, 1.82) is 0 Å². The summed E-state index contributed by atoms with van der Waals surface area (Å²) in [5, 5.41) is 12.2. The van der Waals surface area contributed by atoms with Gasteiger partial charge in [0.2, 0.25) is 0 Å². The number of aryl methyl sites for hydroxylation is 3. The van der Waals surface area contributed by atoms with Gasteiger partial charge in [0.05, 0.1) is 7.05 Å². The van der Waals surface area contributed by atoms with E-state index in [1.807, 2.05) is 28.8 Å². The minimum absolute atomic E-state index is 0.324. The summed E-state index contributed by atoms with van der Waals surface area (Å²) in [5.41, 5.74) is 0.731. The molecule has 7 nitrogen and oxygen atoms in total. The highest BCUT2D eigenvalue weighted by Gasteiger charge is 2.24. The Hall–Kier alpha value is -2.35. The van der Waals surface area contributed by atoms with Crippen molar-refractivity contribution in [3.8, 4) is 11.8 Å². The number of benzene rings is 1. The number of fused-ring (bicyclic) bond motifs is 1. The topological polar surface area (TPSA) is 76.0 Å². The summed E-state index contributed by atoms with van der Waals surface area (Å²) < 4.78 is 10.5. The van der Waals surface area contributed by atoms with Gasteiger partial charge in [-0.15, -0.1) is 0 Å². The Labute approximate surface area is 159 Å². The number of halogens is 1. The Balaban J connectivity index is 2.18. The fourth-order valence-corrected chi connectivity index (χ4v) is 3.02. The first-order chi connectivity index (χ1) is 12.3. The normalized spacial score (nSPS) is 11.5. The van der Waals surface area contributed by atoms with Gasteiger partial charge in [-0.05, 0) is 36.6 Å². The molecule has 0 spiro atoms. The monoisotopic (exact) mass is 420 g/mol. The Morgan fingerprint density at radius 2 is 1.96 bits per heavy atom. The molecule has 138 valence electrons. The minimum Gasteiger partial charge on any atom is -0.708 e. The average molecular weight is 421 g/mol. The maximum atomic E-state index is 12.2. The molecule has 2 heterocycles. The van der Waals surface area contributed by atoms with Crippen molar-refractivity contribution in [1.82, 2.24) is 14.1 Å². The SMILES string of the molecule is Cc1c2c(nc(Oc3ccc(Br)cc3)n2CCC(C)C)n(C)c(=O)[n+]1[O-]. The first kappa shape index (κ1) is 18.4. The fraction of sp³-hybridized carbons (Fsp3) is 0.389.